The van der Waals surface area contributed by atoms with Gasteiger partial charge in [0, 0.05) is 36.9 Å². The summed E-state index contributed by atoms with van der Waals surface area (Å²) in [5, 5.41) is 11.8. The van der Waals surface area contributed by atoms with Gasteiger partial charge in [-0.05, 0) is 30.3 Å². The van der Waals surface area contributed by atoms with Gasteiger partial charge in [0.05, 0.1) is 12.5 Å². The van der Waals surface area contributed by atoms with Crippen molar-refractivity contribution in [3.8, 4) is 0 Å². The number of furan rings is 1. The highest BCUT2D eigenvalue weighted by Crippen LogP contribution is 2.20. The smallest absolute Gasteiger partial charge is 0.289 e. The minimum absolute atomic E-state index is 0.0937. The predicted molar refractivity (Wildman–Crippen MR) is 101 cm³/mol. The summed E-state index contributed by atoms with van der Waals surface area (Å²) in [7, 11) is 0. The molecule has 0 unspecified atom stereocenters. The number of piperazine rings is 1. The van der Waals surface area contributed by atoms with Crippen molar-refractivity contribution in [2.45, 2.75) is 0 Å². The van der Waals surface area contributed by atoms with Crippen LogP contribution >= 0.6 is 11.6 Å². The predicted octanol–water partition coefficient (Wildman–Crippen LogP) is 2.82. The van der Waals surface area contributed by atoms with Crippen LogP contribution in [0.3, 0.4) is 0 Å². The fourth-order valence-corrected chi connectivity index (χ4v) is 3.08. The monoisotopic (exact) mass is 384 g/mol. The van der Waals surface area contributed by atoms with Gasteiger partial charge in [-0.15, -0.1) is 5.10 Å². The molecule has 3 aromatic rings. The molecule has 2 aromatic heterocycles. The van der Waals surface area contributed by atoms with Crippen LogP contribution in [0.5, 0.6) is 0 Å². The van der Waals surface area contributed by atoms with E-state index in [0.29, 0.717) is 48.7 Å². The number of benzene rings is 1. The molecule has 0 saturated carbocycles. The molecule has 1 fully saturated rings. The van der Waals surface area contributed by atoms with Crippen molar-refractivity contribution < 1.29 is 9.21 Å². The molecule has 27 heavy (non-hydrogen) atoms. The van der Waals surface area contributed by atoms with Crippen LogP contribution in [0, 0.1) is 0 Å². The summed E-state index contributed by atoms with van der Waals surface area (Å²) in [6, 6.07) is 10.7. The highest BCUT2D eigenvalue weighted by atomic mass is 35.5. The standard InChI is InChI=1S/C18H17ClN6O2/c19-13-3-1-4-14(11-13)21-18-22-16(12-20-23-18)24-6-8-25(9-7-24)17(26)15-5-2-10-27-15/h1-5,10-12H,6-9H2,(H,21,22,23). The van der Waals surface area contributed by atoms with E-state index >= 15 is 0 Å². The van der Waals surface area contributed by atoms with Gasteiger partial charge >= 0.3 is 0 Å². The summed E-state index contributed by atoms with van der Waals surface area (Å²) in [5.41, 5.74) is 0.787. The van der Waals surface area contributed by atoms with E-state index in [1.807, 2.05) is 12.1 Å². The lowest BCUT2D eigenvalue weighted by atomic mass is 10.3. The first kappa shape index (κ1) is 17.3. The van der Waals surface area contributed by atoms with Crippen molar-refractivity contribution in [3.05, 3.63) is 59.6 Å². The molecule has 0 atom stereocenters. The third-order valence-electron chi connectivity index (χ3n) is 4.25. The van der Waals surface area contributed by atoms with Gasteiger partial charge < -0.3 is 19.5 Å². The van der Waals surface area contributed by atoms with Crippen LogP contribution in [0.4, 0.5) is 17.5 Å². The average molecular weight is 385 g/mol. The van der Waals surface area contributed by atoms with Gasteiger partial charge in [-0.25, -0.2) is 0 Å². The Morgan fingerprint density at radius 3 is 2.74 bits per heavy atom. The fraction of sp³-hybridized carbons (Fsp3) is 0.222. The summed E-state index contributed by atoms with van der Waals surface area (Å²) in [5.74, 6) is 1.37. The zero-order valence-electron chi connectivity index (χ0n) is 14.4. The molecule has 1 saturated heterocycles. The Labute approximate surface area is 160 Å². The van der Waals surface area contributed by atoms with Gasteiger partial charge in [-0.3, -0.25) is 4.79 Å². The number of aromatic nitrogens is 3. The molecular formula is C18H17ClN6O2. The van der Waals surface area contributed by atoms with Gasteiger partial charge in [-0.2, -0.15) is 10.1 Å². The minimum atomic E-state index is -0.0937. The van der Waals surface area contributed by atoms with Crippen LogP contribution in [-0.2, 0) is 0 Å². The molecule has 0 aliphatic carbocycles. The number of carbonyl (C=O) groups excluding carboxylic acids is 1. The molecule has 8 nitrogen and oxygen atoms in total. The Bertz CT molecular complexity index is 925. The molecule has 1 aromatic carbocycles. The summed E-state index contributed by atoms with van der Waals surface area (Å²) >= 11 is 6.00. The lowest BCUT2D eigenvalue weighted by molar-refractivity contribution is 0.0714. The van der Waals surface area contributed by atoms with Gasteiger partial charge in [0.1, 0.15) is 0 Å². The first-order valence-corrected chi connectivity index (χ1v) is 8.87. The second-order valence-electron chi connectivity index (χ2n) is 6.03. The first-order chi connectivity index (χ1) is 13.2. The maximum absolute atomic E-state index is 12.3. The van der Waals surface area contributed by atoms with Gasteiger partial charge in [0.2, 0.25) is 5.95 Å². The van der Waals surface area contributed by atoms with Crippen LogP contribution in [-0.4, -0.2) is 52.2 Å². The fourth-order valence-electron chi connectivity index (χ4n) is 2.89. The molecule has 138 valence electrons. The second kappa shape index (κ2) is 7.63. The van der Waals surface area contributed by atoms with E-state index < -0.39 is 0 Å². The van der Waals surface area contributed by atoms with Crippen molar-refractivity contribution in [3.63, 3.8) is 0 Å². The summed E-state index contributed by atoms with van der Waals surface area (Å²) < 4.78 is 5.19. The highest BCUT2D eigenvalue weighted by molar-refractivity contribution is 6.30. The topological polar surface area (TPSA) is 87.4 Å². The van der Waals surface area contributed by atoms with Crippen LogP contribution in [0.2, 0.25) is 5.02 Å². The lowest BCUT2D eigenvalue weighted by Crippen LogP contribution is -2.49. The Hall–Kier alpha value is -3.13. The third kappa shape index (κ3) is 4.01. The van der Waals surface area contributed by atoms with Crippen molar-refractivity contribution in [1.82, 2.24) is 20.1 Å². The number of hydrogen-bond acceptors (Lipinski definition) is 7. The number of halogens is 1. The summed E-state index contributed by atoms with van der Waals surface area (Å²) in [6.45, 7) is 2.48. The van der Waals surface area contributed by atoms with Crippen molar-refractivity contribution in [2.24, 2.45) is 0 Å². The van der Waals surface area contributed by atoms with E-state index in [9.17, 15) is 4.79 Å². The molecule has 1 aliphatic heterocycles. The van der Waals surface area contributed by atoms with Gasteiger partial charge in [-0.1, -0.05) is 17.7 Å². The van der Waals surface area contributed by atoms with Crippen molar-refractivity contribution >= 4 is 35.0 Å². The molecule has 1 N–H and O–H groups in total. The maximum Gasteiger partial charge on any atom is 0.289 e. The number of amides is 1. The maximum atomic E-state index is 12.3. The van der Waals surface area contributed by atoms with E-state index in [1.54, 1.807) is 35.4 Å². The SMILES string of the molecule is O=C(c1ccco1)N1CCN(c2cnnc(Nc3cccc(Cl)c3)n2)CC1. The molecule has 9 heteroatoms. The average Bonchev–Trinajstić information content (AvgIpc) is 3.23. The van der Waals surface area contributed by atoms with Crippen LogP contribution in [0.15, 0.2) is 53.3 Å². The summed E-state index contributed by atoms with van der Waals surface area (Å²) in [4.78, 5) is 20.7. The lowest BCUT2D eigenvalue weighted by Gasteiger charge is -2.34. The largest absolute Gasteiger partial charge is 0.459 e. The molecule has 1 amide bonds. The van der Waals surface area contributed by atoms with E-state index in [4.69, 9.17) is 16.0 Å². The molecule has 0 spiro atoms. The molecule has 1 aliphatic rings. The van der Waals surface area contributed by atoms with Crippen LogP contribution in [0.25, 0.3) is 0 Å². The van der Waals surface area contributed by atoms with Crippen molar-refractivity contribution in [2.75, 3.05) is 36.4 Å². The van der Waals surface area contributed by atoms with E-state index in [1.165, 1.54) is 6.26 Å². The Morgan fingerprint density at radius 1 is 1.15 bits per heavy atom. The van der Waals surface area contributed by atoms with E-state index in [-0.39, 0.29) is 5.91 Å². The zero-order chi connectivity index (χ0) is 18.6. The Morgan fingerprint density at radius 2 is 2.00 bits per heavy atom. The second-order valence-corrected chi connectivity index (χ2v) is 6.47. The van der Waals surface area contributed by atoms with Gasteiger partial charge in [0.25, 0.3) is 5.91 Å². The first-order valence-electron chi connectivity index (χ1n) is 8.49. The van der Waals surface area contributed by atoms with Crippen LogP contribution < -0.4 is 10.2 Å². The quantitative estimate of drug-likeness (QED) is 0.739. The molecule has 0 bridgehead atoms. The number of carbonyl (C=O) groups is 1. The van der Waals surface area contributed by atoms with Gasteiger partial charge in [0.15, 0.2) is 11.6 Å². The number of hydrogen-bond donors (Lipinski definition) is 1. The zero-order valence-corrected chi connectivity index (χ0v) is 15.1. The van der Waals surface area contributed by atoms with Crippen LogP contribution in [0.1, 0.15) is 10.6 Å². The summed E-state index contributed by atoms with van der Waals surface area (Å²) in [6.07, 6.45) is 3.12. The van der Waals surface area contributed by atoms with Crippen molar-refractivity contribution in [1.29, 1.82) is 0 Å². The number of rotatable bonds is 4. The molecule has 0 radical (unpaired) electrons. The number of nitrogens with zero attached hydrogens (tertiary/aromatic N) is 5. The Kier molecular flexibility index (Phi) is 4.88. The van der Waals surface area contributed by atoms with E-state index in [0.717, 1.165) is 5.69 Å². The molecule has 3 heterocycles. The number of anilines is 3. The molecular weight excluding hydrogens is 368 g/mol. The molecule has 4 rings (SSSR count). The normalized spacial score (nSPS) is 14.3. The minimum Gasteiger partial charge on any atom is -0.459 e. The third-order valence-corrected chi connectivity index (χ3v) is 4.48. The Balaban J connectivity index is 1.40. The highest BCUT2D eigenvalue weighted by Gasteiger charge is 2.24. The van der Waals surface area contributed by atoms with E-state index in [2.05, 4.69) is 25.4 Å². The number of nitrogens with one attached hydrogen (secondary N) is 1.